The number of methoxy groups -OCH3 is 1. The van der Waals surface area contributed by atoms with E-state index in [0.29, 0.717) is 0 Å². The Balaban J connectivity index is 0.000000500. The van der Waals surface area contributed by atoms with Gasteiger partial charge in [-0.15, -0.1) is 0 Å². The van der Waals surface area contributed by atoms with E-state index in [1.165, 1.54) is 7.11 Å². The van der Waals surface area contributed by atoms with Crippen LogP contribution in [0.1, 0.15) is 0 Å². The van der Waals surface area contributed by atoms with Crippen LogP contribution in [0.5, 0.6) is 5.75 Å². The lowest BCUT2D eigenvalue weighted by atomic mass is 10.3. The third-order valence-electron chi connectivity index (χ3n) is 1.19. The van der Waals surface area contributed by atoms with Crippen molar-refractivity contribution in [3.8, 4) is 5.75 Å². The lowest BCUT2D eigenvalue weighted by Crippen LogP contribution is -1.92. The Morgan fingerprint density at radius 2 is 1.43 bits per heavy atom. The van der Waals surface area contributed by atoms with Crippen molar-refractivity contribution < 1.29 is 26.7 Å². The normalized spacial score (nSPS) is 9.00. The van der Waals surface area contributed by atoms with Gasteiger partial charge < -0.3 is 4.74 Å². The molecule has 80 valence electrons. The molecule has 0 aliphatic heterocycles. The van der Waals surface area contributed by atoms with Crippen molar-refractivity contribution in [1.29, 1.82) is 0 Å². The Bertz CT molecular complexity index is 266. The summed E-state index contributed by atoms with van der Waals surface area (Å²) in [6, 6.07) is 1.55. The Morgan fingerprint density at radius 3 is 1.71 bits per heavy atom. The molecule has 1 nitrogen and oxygen atoms in total. The summed E-state index contributed by atoms with van der Waals surface area (Å²) in [5.41, 5.74) is 0. The van der Waals surface area contributed by atoms with Gasteiger partial charge >= 0.3 is 0 Å². The average molecular weight is 214 g/mol. The maximum atomic E-state index is 12.3. The van der Waals surface area contributed by atoms with Gasteiger partial charge in [0.2, 0.25) is 6.93 Å². The molecular formula is C8H7F5O. The lowest BCUT2D eigenvalue weighted by Gasteiger charge is -2.00. The molecule has 1 aromatic rings. The second-order valence-corrected chi connectivity index (χ2v) is 2.01. The summed E-state index contributed by atoms with van der Waals surface area (Å²) in [5, 5.41) is 0. The fourth-order valence-electron chi connectivity index (χ4n) is 0.650. The highest BCUT2D eigenvalue weighted by Crippen LogP contribution is 2.18. The second kappa shape index (κ2) is 6.17. The predicted molar refractivity (Wildman–Crippen MR) is 40.0 cm³/mol. The van der Waals surface area contributed by atoms with Crippen LogP contribution in [0, 0.1) is 17.5 Å². The molecule has 6 heteroatoms. The highest BCUT2D eigenvalue weighted by molar-refractivity contribution is 5.24. The van der Waals surface area contributed by atoms with Gasteiger partial charge in [0.05, 0.1) is 7.11 Å². The summed E-state index contributed by atoms with van der Waals surface area (Å²) in [4.78, 5) is 0. The first-order valence-corrected chi connectivity index (χ1v) is 3.37. The molecule has 0 saturated heterocycles. The van der Waals surface area contributed by atoms with Gasteiger partial charge in [0, 0.05) is 12.1 Å². The molecule has 0 aromatic heterocycles. The quantitative estimate of drug-likeness (QED) is 0.515. The zero-order valence-electron chi connectivity index (χ0n) is 7.16. The smallest absolute Gasteiger partial charge is 0.229 e. The topological polar surface area (TPSA) is 9.23 Å². The molecule has 0 amide bonds. The van der Waals surface area contributed by atoms with E-state index in [9.17, 15) is 22.0 Å². The van der Waals surface area contributed by atoms with Crippen molar-refractivity contribution in [2.24, 2.45) is 0 Å². The van der Waals surface area contributed by atoms with Gasteiger partial charge in [-0.3, -0.25) is 0 Å². The second-order valence-electron chi connectivity index (χ2n) is 2.01. The van der Waals surface area contributed by atoms with Crippen molar-refractivity contribution in [1.82, 2.24) is 0 Å². The van der Waals surface area contributed by atoms with Crippen LogP contribution in [0.4, 0.5) is 22.0 Å². The Labute approximate surface area is 77.1 Å². The SMILES string of the molecule is COc1cc(F)c(F)c(F)c1.FCF. The van der Waals surface area contributed by atoms with E-state index in [2.05, 4.69) is 4.74 Å². The lowest BCUT2D eigenvalue weighted by molar-refractivity contribution is 0.295. The standard InChI is InChI=1S/C7H5F3O.CH2F2/c1-11-4-2-5(8)7(10)6(9)3-4;2-1-3/h2-3H,1H3;1H2. The molecule has 14 heavy (non-hydrogen) atoms. The van der Waals surface area contributed by atoms with Gasteiger partial charge in [-0.1, -0.05) is 0 Å². The van der Waals surface area contributed by atoms with Gasteiger partial charge in [0.1, 0.15) is 5.75 Å². The number of rotatable bonds is 1. The third kappa shape index (κ3) is 3.59. The molecule has 0 unspecified atom stereocenters. The van der Waals surface area contributed by atoms with Crippen molar-refractivity contribution in [3.63, 3.8) is 0 Å². The van der Waals surface area contributed by atoms with Crippen molar-refractivity contribution >= 4 is 0 Å². The predicted octanol–water partition coefficient (Wildman–Crippen LogP) is 3.00. The minimum absolute atomic E-state index is 0.0404. The zero-order valence-corrected chi connectivity index (χ0v) is 7.16. The summed E-state index contributed by atoms with van der Waals surface area (Å²) in [6.07, 6.45) is 0. The van der Waals surface area contributed by atoms with Crippen LogP contribution in [0.15, 0.2) is 12.1 Å². The largest absolute Gasteiger partial charge is 0.497 e. The third-order valence-corrected chi connectivity index (χ3v) is 1.19. The number of hydrogen-bond donors (Lipinski definition) is 0. The average Bonchev–Trinajstić information content (AvgIpc) is 2.14. The van der Waals surface area contributed by atoms with Crippen LogP contribution in [-0.4, -0.2) is 14.0 Å². The highest BCUT2D eigenvalue weighted by atomic mass is 19.3. The van der Waals surface area contributed by atoms with Crippen molar-refractivity contribution in [2.75, 3.05) is 14.0 Å². The Morgan fingerprint density at radius 1 is 1.07 bits per heavy atom. The molecule has 0 bridgehead atoms. The van der Waals surface area contributed by atoms with Gasteiger partial charge in [-0.2, -0.15) is 0 Å². The van der Waals surface area contributed by atoms with Crippen LogP contribution < -0.4 is 4.74 Å². The number of alkyl halides is 2. The summed E-state index contributed by atoms with van der Waals surface area (Å²) >= 11 is 0. The number of halogens is 5. The van der Waals surface area contributed by atoms with Crippen LogP contribution in [-0.2, 0) is 0 Å². The number of hydrogen-bond acceptors (Lipinski definition) is 1. The van der Waals surface area contributed by atoms with Gasteiger partial charge in [0.15, 0.2) is 17.5 Å². The monoisotopic (exact) mass is 214 g/mol. The highest BCUT2D eigenvalue weighted by Gasteiger charge is 2.09. The molecule has 0 spiro atoms. The molecule has 1 aromatic carbocycles. The van der Waals surface area contributed by atoms with Crippen LogP contribution in [0.3, 0.4) is 0 Å². The van der Waals surface area contributed by atoms with E-state index >= 15 is 0 Å². The summed E-state index contributed by atoms with van der Waals surface area (Å²) < 4.78 is 60.6. The van der Waals surface area contributed by atoms with Gasteiger partial charge in [-0.05, 0) is 0 Å². The Hall–Kier alpha value is -1.33. The molecule has 0 aliphatic carbocycles. The first-order valence-electron chi connectivity index (χ1n) is 3.37. The molecule has 0 radical (unpaired) electrons. The fourth-order valence-corrected chi connectivity index (χ4v) is 0.650. The minimum atomic E-state index is -1.75. The van der Waals surface area contributed by atoms with Crippen LogP contribution in [0.25, 0.3) is 0 Å². The van der Waals surface area contributed by atoms with E-state index in [1.54, 1.807) is 0 Å². The summed E-state index contributed by atoms with van der Waals surface area (Å²) in [6.45, 7) is -1.75. The van der Waals surface area contributed by atoms with Crippen LogP contribution >= 0.6 is 0 Å². The fraction of sp³-hybridized carbons (Fsp3) is 0.250. The van der Waals surface area contributed by atoms with Crippen LogP contribution in [0.2, 0.25) is 0 Å². The molecule has 1 rings (SSSR count). The summed E-state index contributed by atoms with van der Waals surface area (Å²) in [5.74, 6) is -4.02. The van der Waals surface area contributed by atoms with E-state index in [4.69, 9.17) is 0 Å². The molecular weight excluding hydrogens is 207 g/mol. The first-order chi connectivity index (χ1) is 6.56. The van der Waals surface area contributed by atoms with Crippen molar-refractivity contribution in [2.45, 2.75) is 0 Å². The maximum Gasteiger partial charge on any atom is 0.229 e. The van der Waals surface area contributed by atoms with E-state index in [0.717, 1.165) is 12.1 Å². The molecule has 0 atom stereocenters. The molecule has 0 heterocycles. The van der Waals surface area contributed by atoms with Gasteiger partial charge in [-0.25, -0.2) is 22.0 Å². The minimum Gasteiger partial charge on any atom is -0.497 e. The van der Waals surface area contributed by atoms with E-state index < -0.39 is 24.4 Å². The molecule has 0 aliphatic rings. The number of ether oxygens (including phenoxy) is 1. The summed E-state index contributed by atoms with van der Waals surface area (Å²) in [7, 11) is 1.24. The zero-order chi connectivity index (χ0) is 11.1. The Kier molecular flexibility index (Phi) is 5.59. The maximum absolute atomic E-state index is 12.3. The molecule has 0 N–H and O–H groups in total. The number of benzene rings is 1. The molecule has 0 saturated carbocycles. The molecule has 0 fully saturated rings. The van der Waals surface area contributed by atoms with Crippen molar-refractivity contribution in [3.05, 3.63) is 29.6 Å². The van der Waals surface area contributed by atoms with E-state index in [1.807, 2.05) is 0 Å². The van der Waals surface area contributed by atoms with Gasteiger partial charge in [0.25, 0.3) is 0 Å². The first kappa shape index (κ1) is 12.7. The van der Waals surface area contributed by atoms with E-state index in [-0.39, 0.29) is 5.75 Å².